The smallest absolute Gasteiger partial charge is 0.233 e. The highest BCUT2D eigenvalue weighted by molar-refractivity contribution is 5.79. The molecule has 0 fully saturated rings. The molecule has 2 N–H and O–H groups in total. The molecule has 3 nitrogen and oxygen atoms in total. The molecule has 0 aliphatic carbocycles. The van der Waals surface area contributed by atoms with Gasteiger partial charge in [-0.3, -0.25) is 0 Å². The van der Waals surface area contributed by atoms with E-state index in [1.54, 1.807) is 0 Å². The number of benzene rings is 2. The number of nitrogens with zero attached hydrogens (tertiary/aromatic N) is 1. The van der Waals surface area contributed by atoms with Gasteiger partial charge in [-0.15, -0.1) is 0 Å². The molecule has 0 radical (unpaired) electrons. The molecule has 0 amide bonds. The number of anilines is 1. The Morgan fingerprint density at radius 1 is 0.857 bits per heavy atom. The average molecular weight is 300 g/mol. The Labute approximate surface area is 113 Å². The Bertz CT molecular complexity index is 846. The van der Waals surface area contributed by atoms with Gasteiger partial charge in [-0.05, 0) is 18.2 Å². The van der Waals surface area contributed by atoms with Crippen LogP contribution in [0.15, 0.2) is 22.6 Å². The van der Waals surface area contributed by atoms with Crippen LogP contribution in [0.25, 0.3) is 22.6 Å². The van der Waals surface area contributed by atoms with Crippen LogP contribution in [0, 0.1) is 29.1 Å². The first-order chi connectivity index (χ1) is 9.90. The monoisotopic (exact) mass is 300 g/mol. The highest BCUT2D eigenvalue weighted by atomic mass is 19.2. The van der Waals surface area contributed by atoms with Crippen LogP contribution in [0.2, 0.25) is 0 Å². The van der Waals surface area contributed by atoms with Gasteiger partial charge in [0.05, 0.1) is 0 Å². The predicted molar refractivity (Wildman–Crippen MR) is 63.6 cm³/mol. The van der Waals surface area contributed by atoms with Gasteiger partial charge in [0, 0.05) is 5.69 Å². The van der Waals surface area contributed by atoms with E-state index in [1.807, 2.05) is 0 Å². The van der Waals surface area contributed by atoms with Gasteiger partial charge >= 0.3 is 0 Å². The van der Waals surface area contributed by atoms with E-state index >= 15 is 0 Å². The van der Waals surface area contributed by atoms with Crippen LogP contribution in [0.4, 0.5) is 27.6 Å². The maximum atomic E-state index is 13.7. The summed E-state index contributed by atoms with van der Waals surface area (Å²) in [5, 5.41) is 0. The number of hydrogen-bond donors (Lipinski definition) is 1. The van der Waals surface area contributed by atoms with Gasteiger partial charge in [0.25, 0.3) is 0 Å². The van der Waals surface area contributed by atoms with E-state index in [2.05, 4.69) is 4.98 Å². The first-order valence-electron chi connectivity index (χ1n) is 5.58. The van der Waals surface area contributed by atoms with Crippen molar-refractivity contribution < 1.29 is 26.4 Å². The molecule has 108 valence electrons. The van der Waals surface area contributed by atoms with Gasteiger partial charge in [-0.1, -0.05) is 0 Å². The van der Waals surface area contributed by atoms with E-state index in [-0.39, 0.29) is 11.1 Å². The molecule has 0 aliphatic rings. The van der Waals surface area contributed by atoms with Crippen molar-refractivity contribution in [2.45, 2.75) is 0 Å². The first-order valence-corrected chi connectivity index (χ1v) is 5.58. The highest BCUT2D eigenvalue weighted by Crippen LogP contribution is 2.33. The van der Waals surface area contributed by atoms with Crippen molar-refractivity contribution in [2.75, 3.05) is 5.73 Å². The second-order valence-electron chi connectivity index (χ2n) is 4.19. The topological polar surface area (TPSA) is 52.0 Å². The summed E-state index contributed by atoms with van der Waals surface area (Å²) in [6.45, 7) is 0. The second-order valence-corrected chi connectivity index (χ2v) is 4.19. The summed E-state index contributed by atoms with van der Waals surface area (Å²) in [5.41, 5.74) is 4.82. The minimum atomic E-state index is -2.24. The molecule has 1 heterocycles. The molecule has 0 saturated heterocycles. The third kappa shape index (κ3) is 1.91. The lowest BCUT2D eigenvalue weighted by molar-refractivity contribution is 0.379. The Balaban J connectivity index is 2.32. The van der Waals surface area contributed by atoms with Crippen molar-refractivity contribution >= 4 is 16.8 Å². The average Bonchev–Trinajstić information content (AvgIpc) is 2.85. The molecule has 3 aromatic rings. The lowest BCUT2D eigenvalue weighted by Crippen LogP contribution is -2.04. The zero-order valence-electron chi connectivity index (χ0n) is 10.1. The van der Waals surface area contributed by atoms with Crippen LogP contribution < -0.4 is 5.73 Å². The SMILES string of the molecule is Nc1ccc2oc(-c3c(F)c(F)c(F)c(F)c3F)nc2c1. The number of aromatic nitrogens is 1. The molecule has 8 heteroatoms. The van der Waals surface area contributed by atoms with Gasteiger partial charge in [-0.2, -0.15) is 0 Å². The second kappa shape index (κ2) is 4.44. The molecular weight excluding hydrogens is 295 g/mol. The molecular formula is C13H5F5N2O. The first kappa shape index (κ1) is 13.3. The van der Waals surface area contributed by atoms with Gasteiger partial charge in [0.15, 0.2) is 28.9 Å². The number of nitrogens with two attached hydrogens (primary N) is 1. The van der Waals surface area contributed by atoms with E-state index in [0.717, 1.165) is 0 Å². The van der Waals surface area contributed by atoms with E-state index in [9.17, 15) is 22.0 Å². The quantitative estimate of drug-likeness (QED) is 0.322. The summed E-state index contributed by atoms with van der Waals surface area (Å²) in [6.07, 6.45) is 0. The molecule has 0 spiro atoms. The third-order valence-corrected chi connectivity index (χ3v) is 2.84. The number of halogens is 5. The van der Waals surface area contributed by atoms with Crippen LogP contribution in [-0.2, 0) is 0 Å². The Morgan fingerprint density at radius 2 is 1.43 bits per heavy atom. The number of rotatable bonds is 1. The van der Waals surface area contributed by atoms with Crippen molar-refractivity contribution in [3.05, 3.63) is 47.3 Å². The highest BCUT2D eigenvalue weighted by Gasteiger charge is 2.29. The lowest BCUT2D eigenvalue weighted by atomic mass is 10.1. The zero-order chi connectivity index (χ0) is 15.3. The van der Waals surface area contributed by atoms with Crippen LogP contribution in [-0.4, -0.2) is 4.98 Å². The van der Waals surface area contributed by atoms with Crippen molar-refractivity contribution in [2.24, 2.45) is 0 Å². The maximum absolute atomic E-state index is 13.7. The summed E-state index contributed by atoms with van der Waals surface area (Å²) < 4.78 is 71.6. The summed E-state index contributed by atoms with van der Waals surface area (Å²) in [6, 6.07) is 4.15. The summed E-state index contributed by atoms with van der Waals surface area (Å²) in [7, 11) is 0. The molecule has 0 saturated carbocycles. The van der Waals surface area contributed by atoms with Crippen molar-refractivity contribution in [1.82, 2.24) is 4.98 Å². The molecule has 0 atom stereocenters. The van der Waals surface area contributed by atoms with E-state index in [1.165, 1.54) is 18.2 Å². The molecule has 3 rings (SSSR count). The number of nitrogen functional groups attached to an aromatic ring is 1. The van der Waals surface area contributed by atoms with Gasteiger partial charge in [0.2, 0.25) is 11.7 Å². The molecule has 0 aliphatic heterocycles. The summed E-state index contributed by atoms with van der Waals surface area (Å²) in [4.78, 5) is 3.69. The standard InChI is InChI=1S/C13H5F5N2O/c14-8-7(9(15)11(17)12(18)10(8)16)13-20-5-3-4(19)1-2-6(5)21-13/h1-3H,19H2. The van der Waals surface area contributed by atoms with Crippen molar-refractivity contribution in [1.29, 1.82) is 0 Å². The van der Waals surface area contributed by atoms with Crippen molar-refractivity contribution in [3.8, 4) is 11.5 Å². The molecule has 21 heavy (non-hydrogen) atoms. The largest absolute Gasteiger partial charge is 0.436 e. The number of hydrogen-bond acceptors (Lipinski definition) is 3. The number of fused-ring (bicyclic) bond motifs is 1. The fourth-order valence-corrected chi connectivity index (χ4v) is 1.84. The Kier molecular flexibility index (Phi) is 2.82. The van der Waals surface area contributed by atoms with E-state index < -0.39 is 40.5 Å². The molecule has 0 unspecified atom stereocenters. The number of oxazole rings is 1. The Morgan fingerprint density at radius 3 is 2.05 bits per heavy atom. The van der Waals surface area contributed by atoms with Crippen molar-refractivity contribution in [3.63, 3.8) is 0 Å². The zero-order valence-corrected chi connectivity index (χ0v) is 10.1. The fraction of sp³-hybridized carbons (Fsp3) is 0. The van der Waals surface area contributed by atoms with Crippen LogP contribution in [0.1, 0.15) is 0 Å². The molecule has 1 aromatic heterocycles. The van der Waals surface area contributed by atoms with Gasteiger partial charge < -0.3 is 10.2 Å². The van der Waals surface area contributed by atoms with Crippen LogP contribution >= 0.6 is 0 Å². The summed E-state index contributed by atoms with van der Waals surface area (Å²) >= 11 is 0. The fourth-order valence-electron chi connectivity index (χ4n) is 1.84. The molecule has 2 aromatic carbocycles. The maximum Gasteiger partial charge on any atom is 0.233 e. The van der Waals surface area contributed by atoms with Crippen LogP contribution in [0.3, 0.4) is 0 Å². The normalized spacial score (nSPS) is 11.3. The minimum Gasteiger partial charge on any atom is -0.436 e. The van der Waals surface area contributed by atoms with Gasteiger partial charge in [-0.25, -0.2) is 26.9 Å². The lowest BCUT2D eigenvalue weighted by Gasteiger charge is -2.04. The van der Waals surface area contributed by atoms with Gasteiger partial charge in [0.1, 0.15) is 11.1 Å². The summed E-state index contributed by atoms with van der Waals surface area (Å²) in [5.74, 6) is -11.1. The minimum absolute atomic E-state index is 0.100. The third-order valence-electron chi connectivity index (χ3n) is 2.84. The predicted octanol–water partition coefficient (Wildman–Crippen LogP) is 3.77. The Hall–Kier alpha value is -2.64. The van der Waals surface area contributed by atoms with Crippen LogP contribution in [0.5, 0.6) is 0 Å². The molecule has 0 bridgehead atoms. The van der Waals surface area contributed by atoms with E-state index in [4.69, 9.17) is 10.2 Å². The van der Waals surface area contributed by atoms with E-state index in [0.29, 0.717) is 5.69 Å².